The van der Waals surface area contributed by atoms with Crippen LogP contribution < -0.4 is 5.56 Å². The maximum absolute atomic E-state index is 12.9. The summed E-state index contributed by atoms with van der Waals surface area (Å²) in [5.41, 5.74) is 1.63. The van der Waals surface area contributed by atoms with Gasteiger partial charge in [-0.3, -0.25) is 14.2 Å². The quantitative estimate of drug-likeness (QED) is 0.546. The Labute approximate surface area is 173 Å². The molecule has 6 heteroatoms. The first-order valence-corrected chi connectivity index (χ1v) is 10.3. The van der Waals surface area contributed by atoms with Crippen LogP contribution in [0.2, 0.25) is 0 Å². The summed E-state index contributed by atoms with van der Waals surface area (Å²) >= 11 is 3.39. The summed E-state index contributed by atoms with van der Waals surface area (Å²) in [6.07, 6.45) is 2.67. The lowest BCUT2D eigenvalue weighted by molar-refractivity contribution is -0.134. The molecule has 5 nitrogen and oxygen atoms in total. The van der Waals surface area contributed by atoms with E-state index in [4.69, 9.17) is 0 Å². The number of fused-ring (bicyclic) bond motifs is 1. The number of hydrogen-bond donors (Lipinski definition) is 0. The molecule has 2 aromatic carbocycles. The lowest BCUT2D eigenvalue weighted by Gasteiger charge is -2.29. The molecule has 0 fully saturated rings. The number of halogens is 1. The Hall–Kier alpha value is -2.47. The summed E-state index contributed by atoms with van der Waals surface area (Å²) in [7, 11) is 0. The van der Waals surface area contributed by atoms with E-state index in [2.05, 4.69) is 34.8 Å². The zero-order valence-electron chi connectivity index (χ0n) is 16.1. The second-order valence-electron chi connectivity index (χ2n) is 6.92. The fraction of sp³-hybridized carbons (Fsp3) is 0.318. The summed E-state index contributed by atoms with van der Waals surface area (Å²) in [5.74, 6) is 0.0412. The van der Waals surface area contributed by atoms with Crippen molar-refractivity contribution in [3.05, 3.63) is 75.2 Å². The van der Waals surface area contributed by atoms with Crippen molar-refractivity contribution in [1.82, 2.24) is 14.5 Å². The van der Waals surface area contributed by atoms with Gasteiger partial charge in [0.15, 0.2) is 0 Å². The molecule has 0 saturated carbocycles. The van der Waals surface area contributed by atoms with E-state index >= 15 is 0 Å². The van der Waals surface area contributed by atoms with Gasteiger partial charge in [-0.05, 0) is 37.1 Å². The molecule has 3 rings (SSSR count). The molecule has 1 amide bonds. The Morgan fingerprint density at radius 1 is 1.21 bits per heavy atom. The first-order chi connectivity index (χ1) is 13.5. The van der Waals surface area contributed by atoms with Gasteiger partial charge in [0.25, 0.3) is 5.56 Å². The van der Waals surface area contributed by atoms with Gasteiger partial charge in [-0.1, -0.05) is 53.2 Å². The molecule has 0 spiro atoms. The number of nitrogens with zero attached hydrogens (tertiary/aromatic N) is 3. The van der Waals surface area contributed by atoms with Crippen molar-refractivity contribution < 1.29 is 4.79 Å². The third kappa shape index (κ3) is 4.68. The highest BCUT2D eigenvalue weighted by molar-refractivity contribution is 9.10. The van der Waals surface area contributed by atoms with E-state index in [1.807, 2.05) is 41.3 Å². The van der Waals surface area contributed by atoms with Crippen LogP contribution in [0.4, 0.5) is 0 Å². The highest BCUT2D eigenvalue weighted by Gasteiger charge is 2.19. The minimum Gasteiger partial charge on any atom is -0.336 e. The van der Waals surface area contributed by atoms with Gasteiger partial charge < -0.3 is 4.90 Å². The molecule has 0 aliphatic heterocycles. The molecule has 0 aliphatic rings. The number of hydrogen-bond acceptors (Lipinski definition) is 3. The highest BCUT2D eigenvalue weighted by atomic mass is 79.9. The lowest BCUT2D eigenvalue weighted by Crippen LogP contribution is -2.38. The van der Waals surface area contributed by atoms with Crippen molar-refractivity contribution in [1.29, 1.82) is 0 Å². The smallest absolute Gasteiger partial charge is 0.261 e. The van der Waals surface area contributed by atoms with Crippen molar-refractivity contribution in [2.24, 2.45) is 0 Å². The van der Waals surface area contributed by atoms with E-state index in [1.54, 1.807) is 12.1 Å². The summed E-state index contributed by atoms with van der Waals surface area (Å²) in [5, 5.41) is 0.549. The molecule has 28 heavy (non-hydrogen) atoms. The van der Waals surface area contributed by atoms with E-state index in [-0.39, 0.29) is 23.9 Å². The molecular weight excluding hydrogens is 418 g/mol. The largest absolute Gasteiger partial charge is 0.336 e. The number of aromatic nitrogens is 2. The van der Waals surface area contributed by atoms with Gasteiger partial charge in [-0.2, -0.15) is 0 Å². The average molecular weight is 442 g/mol. The van der Waals surface area contributed by atoms with Crippen molar-refractivity contribution in [2.45, 2.75) is 45.8 Å². The Bertz CT molecular complexity index is 1020. The third-order valence-electron chi connectivity index (χ3n) is 4.99. The number of carbonyl (C=O) groups is 1. The van der Waals surface area contributed by atoms with Gasteiger partial charge in [0.2, 0.25) is 5.91 Å². The SMILES string of the molecule is CC[C@H](C)N(Cc1ccccc1)C(=O)CCn1cnc2ccc(Br)cc2c1=O. The summed E-state index contributed by atoms with van der Waals surface area (Å²) in [6, 6.07) is 15.5. The fourth-order valence-corrected chi connectivity index (χ4v) is 3.50. The zero-order chi connectivity index (χ0) is 20.1. The zero-order valence-corrected chi connectivity index (χ0v) is 17.7. The summed E-state index contributed by atoms with van der Waals surface area (Å²) < 4.78 is 2.35. The minimum absolute atomic E-state index is 0.0412. The predicted octanol–water partition coefficient (Wildman–Crippen LogP) is 4.38. The van der Waals surface area contributed by atoms with Crippen LogP contribution in [0.15, 0.2) is 64.1 Å². The standard InChI is InChI=1S/C22H24BrN3O2/c1-3-16(2)26(14-17-7-5-4-6-8-17)21(27)11-12-25-15-24-20-10-9-18(23)13-19(20)22(25)28/h4-10,13,15-16H,3,11-12,14H2,1-2H3/t16-/m0/s1. The number of benzene rings is 2. The lowest BCUT2D eigenvalue weighted by atomic mass is 10.1. The maximum atomic E-state index is 12.9. The maximum Gasteiger partial charge on any atom is 0.261 e. The van der Waals surface area contributed by atoms with Crippen LogP contribution in [0, 0.1) is 0 Å². The molecule has 1 heterocycles. The van der Waals surface area contributed by atoms with Crippen LogP contribution >= 0.6 is 15.9 Å². The van der Waals surface area contributed by atoms with E-state index in [0.29, 0.717) is 24.0 Å². The average Bonchev–Trinajstić information content (AvgIpc) is 2.72. The fourth-order valence-electron chi connectivity index (χ4n) is 3.14. The molecule has 0 bridgehead atoms. The predicted molar refractivity (Wildman–Crippen MR) is 115 cm³/mol. The van der Waals surface area contributed by atoms with E-state index < -0.39 is 0 Å². The number of amides is 1. The second kappa shape index (κ2) is 9.15. The normalized spacial score (nSPS) is 12.1. The van der Waals surface area contributed by atoms with Crippen molar-refractivity contribution >= 4 is 32.7 Å². The van der Waals surface area contributed by atoms with Crippen LogP contribution in [0.1, 0.15) is 32.3 Å². The van der Waals surface area contributed by atoms with Crippen LogP contribution in [-0.2, 0) is 17.9 Å². The Balaban J connectivity index is 1.76. The molecule has 0 aliphatic carbocycles. The number of carbonyl (C=O) groups excluding carboxylic acids is 1. The molecule has 0 radical (unpaired) electrons. The van der Waals surface area contributed by atoms with Crippen LogP contribution in [0.5, 0.6) is 0 Å². The van der Waals surface area contributed by atoms with Crippen LogP contribution in [0.25, 0.3) is 10.9 Å². The van der Waals surface area contributed by atoms with Crippen molar-refractivity contribution in [2.75, 3.05) is 0 Å². The van der Waals surface area contributed by atoms with Crippen molar-refractivity contribution in [3.8, 4) is 0 Å². The van der Waals surface area contributed by atoms with E-state index in [1.165, 1.54) is 10.9 Å². The third-order valence-corrected chi connectivity index (χ3v) is 5.48. The van der Waals surface area contributed by atoms with Crippen LogP contribution in [-0.4, -0.2) is 26.4 Å². The number of aryl methyl sites for hydroxylation is 1. The molecule has 0 saturated heterocycles. The molecular formula is C22H24BrN3O2. The van der Waals surface area contributed by atoms with E-state index in [9.17, 15) is 9.59 Å². The first kappa shape index (κ1) is 20.3. The number of rotatable bonds is 7. The monoisotopic (exact) mass is 441 g/mol. The second-order valence-corrected chi connectivity index (χ2v) is 7.83. The van der Waals surface area contributed by atoms with Gasteiger partial charge >= 0.3 is 0 Å². The highest BCUT2D eigenvalue weighted by Crippen LogP contribution is 2.16. The Kier molecular flexibility index (Phi) is 6.62. The van der Waals surface area contributed by atoms with Gasteiger partial charge in [0, 0.05) is 30.0 Å². The van der Waals surface area contributed by atoms with Gasteiger partial charge in [-0.15, -0.1) is 0 Å². The molecule has 0 N–H and O–H groups in total. The molecule has 3 aromatic rings. The van der Waals surface area contributed by atoms with Gasteiger partial charge in [0.05, 0.1) is 17.2 Å². The first-order valence-electron chi connectivity index (χ1n) is 9.47. The van der Waals surface area contributed by atoms with E-state index in [0.717, 1.165) is 16.5 Å². The summed E-state index contributed by atoms with van der Waals surface area (Å²) in [4.78, 5) is 31.9. The van der Waals surface area contributed by atoms with Gasteiger partial charge in [-0.25, -0.2) is 4.98 Å². The molecule has 1 aromatic heterocycles. The Morgan fingerprint density at radius 2 is 1.96 bits per heavy atom. The van der Waals surface area contributed by atoms with Crippen LogP contribution in [0.3, 0.4) is 0 Å². The topological polar surface area (TPSA) is 55.2 Å². The molecule has 1 atom stereocenters. The molecule has 0 unspecified atom stereocenters. The molecule has 146 valence electrons. The Morgan fingerprint density at radius 3 is 2.68 bits per heavy atom. The van der Waals surface area contributed by atoms with Crippen molar-refractivity contribution in [3.63, 3.8) is 0 Å². The van der Waals surface area contributed by atoms with Gasteiger partial charge in [0.1, 0.15) is 0 Å². The summed E-state index contributed by atoms with van der Waals surface area (Å²) in [6.45, 7) is 5.02. The minimum atomic E-state index is -0.128.